The quantitative estimate of drug-likeness (QED) is 0.785. The third-order valence-corrected chi connectivity index (χ3v) is 3.45. The second kappa shape index (κ2) is 4.49. The maximum absolute atomic E-state index is 11.8. The van der Waals surface area contributed by atoms with E-state index in [1.54, 1.807) is 0 Å². The lowest BCUT2D eigenvalue weighted by Gasteiger charge is -2.20. The molecule has 1 unspecified atom stereocenters. The Morgan fingerprint density at radius 1 is 1.29 bits per heavy atom. The van der Waals surface area contributed by atoms with Gasteiger partial charge in [-0.1, -0.05) is 12.1 Å². The van der Waals surface area contributed by atoms with Crippen molar-refractivity contribution in [2.24, 2.45) is 0 Å². The van der Waals surface area contributed by atoms with Gasteiger partial charge in [-0.15, -0.1) is 0 Å². The smallest absolute Gasteiger partial charge is 0.163 e. The lowest BCUT2D eigenvalue weighted by Crippen LogP contribution is -2.19. The minimum atomic E-state index is 0.151. The van der Waals surface area contributed by atoms with Gasteiger partial charge in [-0.25, -0.2) is 0 Å². The summed E-state index contributed by atoms with van der Waals surface area (Å²) in [6, 6.07) is 5.79. The molecule has 3 heteroatoms. The maximum Gasteiger partial charge on any atom is 0.163 e. The first kappa shape index (κ1) is 10.8. The van der Waals surface area contributed by atoms with Gasteiger partial charge in [0.1, 0.15) is 11.9 Å². The molecule has 1 aromatic rings. The van der Waals surface area contributed by atoms with Crippen molar-refractivity contribution in [1.82, 2.24) is 0 Å². The topological polar surface area (TPSA) is 35.5 Å². The van der Waals surface area contributed by atoms with Crippen LogP contribution < -0.4 is 4.74 Å². The highest BCUT2D eigenvalue weighted by atomic mass is 16.5. The summed E-state index contributed by atoms with van der Waals surface area (Å²) in [7, 11) is 0. The maximum atomic E-state index is 11.8. The minimum absolute atomic E-state index is 0.151. The highest BCUT2D eigenvalue weighted by molar-refractivity contribution is 5.99. The first-order valence-corrected chi connectivity index (χ1v) is 6.24. The fourth-order valence-corrected chi connectivity index (χ4v) is 2.54. The van der Waals surface area contributed by atoms with Crippen LogP contribution in [0.5, 0.6) is 5.75 Å². The molecule has 2 aliphatic rings. The number of hydrogen-bond donors (Lipinski definition) is 0. The number of fused-ring (bicyclic) bond motifs is 1. The molecule has 0 bridgehead atoms. The van der Waals surface area contributed by atoms with Gasteiger partial charge in [0.15, 0.2) is 5.78 Å². The fraction of sp³-hybridized carbons (Fsp3) is 0.500. The predicted octanol–water partition coefficient (Wildman–Crippen LogP) is 2.37. The molecule has 90 valence electrons. The molecule has 17 heavy (non-hydrogen) atoms. The Kier molecular flexibility index (Phi) is 2.85. The second-order valence-corrected chi connectivity index (χ2v) is 4.66. The Morgan fingerprint density at radius 3 is 3.06 bits per heavy atom. The summed E-state index contributed by atoms with van der Waals surface area (Å²) >= 11 is 0. The van der Waals surface area contributed by atoms with Crippen molar-refractivity contribution in [3.8, 4) is 5.75 Å². The van der Waals surface area contributed by atoms with E-state index in [1.165, 1.54) is 0 Å². The minimum Gasteiger partial charge on any atom is -0.488 e. The first-order valence-electron chi connectivity index (χ1n) is 6.24. The van der Waals surface area contributed by atoms with E-state index >= 15 is 0 Å². The van der Waals surface area contributed by atoms with Crippen LogP contribution in [-0.4, -0.2) is 25.1 Å². The van der Waals surface area contributed by atoms with E-state index in [9.17, 15) is 4.79 Å². The van der Waals surface area contributed by atoms with Crippen LogP contribution in [0, 0.1) is 0 Å². The summed E-state index contributed by atoms with van der Waals surface area (Å²) in [5.41, 5.74) is 1.95. The van der Waals surface area contributed by atoms with E-state index in [-0.39, 0.29) is 11.9 Å². The largest absolute Gasteiger partial charge is 0.488 e. The van der Waals surface area contributed by atoms with Crippen molar-refractivity contribution >= 4 is 5.78 Å². The summed E-state index contributed by atoms with van der Waals surface area (Å²) in [4.78, 5) is 11.8. The molecule has 1 heterocycles. The van der Waals surface area contributed by atoms with Gasteiger partial charge in [-0.2, -0.15) is 0 Å². The number of ether oxygens (including phenoxy) is 2. The number of hydrogen-bond acceptors (Lipinski definition) is 3. The molecule has 0 amide bonds. The SMILES string of the molecule is O=C1CCCc2c(OC3CCOC3)cccc21. The van der Waals surface area contributed by atoms with Crippen molar-refractivity contribution in [2.75, 3.05) is 13.2 Å². The van der Waals surface area contributed by atoms with Crippen molar-refractivity contribution in [3.05, 3.63) is 29.3 Å². The number of benzene rings is 1. The molecule has 1 aliphatic heterocycles. The summed E-state index contributed by atoms with van der Waals surface area (Å²) in [6.07, 6.45) is 3.65. The third-order valence-electron chi connectivity index (χ3n) is 3.45. The Labute approximate surface area is 101 Å². The molecule has 3 nitrogen and oxygen atoms in total. The van der Waals surface area contributed by atoms with E-state index in [1.807, 2.05) is 18.2 Å². The monoisotopic (exact) mass is 232 g/mol. The average molecular weight is 232 g/mol. The number of carbonyl (C=O) groups excluding carboxylic acids is 1. The lowest BCUT2D eigenvalue weighted by atomic mass is 9.90. The van der Waals surface area contributed by atoms with Crippen LogP contribution in [-0.2, 0) is 11.2 Å². The van der Waals surface area contributed by atoms with Gasteiger partial charge < -0.3 is 9.47 Å². The number of Topliss-reactive ketones (excluding diaryl/α,β-unsaturated/α-hetero) is 1. The van der Waals surface area contributed by atoms with Gasteiger partial charge >= 0.3 is 0 Å². The van der Waals surface area contributed by atoms with Gasteiger partial charge in [-0.05, 0) is 18.9 Å². The van der Waals surface area contributed by atoms with Crippen molar-refractivity contribution in [3.63, 3.8) is 0 Å². The van der Waals surface area contributed by atoms with Gasteiger partial charge in [0.05, 0.1) is 13.2 Å². The highest BCUT2D eigenvalue weighted by Gasteiger charge is 2.23. The average Bonchev–Trinajstić information content (AvgIpc) is 2.83. The van der Waals surface area contributed by atoms with Gasteiger partial charge in [0, 0.05) is 24.0 Å². The number of ketones is 1. The van der Waals surface area contributed by atoms with E-state index in [2.05, 4.69) is 0 Å². The molecule has 0 spiro atoms. The van der Waals surface area contributed by atoms with Gasteiger partial charge in [0.2, 0.25) is 0 Å². The third kappa shape index (κ3) is 2.07. The van der Waals surface area contributed by atoms with E-state index in [0.29, 0.717) is 13.0 Å². The molecule has 1 saturated heterocycles. The van der Waals surface area contributed by atoms with Crippen LogP contribution in [0.25, 0.3) is 0 Å². The van der Waals surface area contributed by atoms with Crippen LogP contribution in [0.4, 0.5) is 0 Å². The summed E-state index contributed by atoms with van der Waals surface area (Å²) in [5.74, 6) is 1.13. The standard InChI is InChI=1S/C14H16O3/c15-13-5-1-4-12-11(13)3-2-6-14(12)17-10-7-8-16-9-10/h2-3,6,10H,1,4-5,7-9H2. The zero-order valence-corrected chi connectivity index (χ0v) is 9.78. The molecule has 1 atom stereocenters. The predicted molar refractivity (Wildman–Crippen MR) is 63.6 cm³/mol. The zero-order chi connectivity index (χ0) is 11.7. The molecule has 0 aromatic heterocycles. The molecule has 1 fully saturated rings. The molecule has 0 radical (unpaired) electrons. The Bertz CT molecular complexity index is 433. The van der Waals surface area contributed by atoms with Crippen LogP contribution >= 0.6 is 0 Å². The molecule has 3 rings (SSSR count). The van der Waals surface area contributed by atoms with E-state index in [4.69, 9.17) is 9.47 Å². The summed E-state index contributed by atoms with van der Waals surface area (Å²) in [5, 5.41) is 0. The molecule has 1 aliphatic carbocycles. The first-order chi connectivity index (χ1) is 8.34. The van der Waals surface area contributed by atoms with Crippen molar-refractivity contribution in [2.45, 2.75) is 31.8 Å². The van der Waals surface area contributed by atoms with Gasteiger partial charge in [0.25, 0.3) is 0 Å². The highest BCUT2D eigenvalue weighted by Crippen LogP contribution is 2.30. The summed E-state index contributed by atoms with van der Waals surface area (Å²) < 4.78 is 11.2. The van der Waals surface area contributed by atoms with Crippen LogP contribution in [0.1, 0.15) is 35.2 Å². The lowest BCUT2D eigenvalue weighted by molar-refractivity contribution is 0.0969. The second-order valence-electron chi connectivity index (χ2n) is 4.66. The molecule has 1 aromatic carbocycles. The van der Waals surface area contributed by atoms with Crippen LogP contribution in [0.15, 0.2) is 18.2 Å². The summed E-state index contributed by atoms with van der Waals surface area (Å²) in [6.45, 7) is 1.44. The van der Waals surface area contributed by atoms with E-state index in [0.717, 1.165) is 42.7 Å². The Hall–Kier alpha value is -1.35. The normalized spacial score (nSPS) is 23.5. The molecule has 0 saturated carbocycles. The number of rotatable bonds is 2. The van der Waals surface area contributed by atoms with Crippen LogP contribution in [0.3, 0.4) is 0 Å². The van der Waals surface area contributed by atoms with Crippen LogP contribution in [0.2, 0.25) is 0 Å². The molecular weight excluding hydrogens is 216 g/mol. The Balaban J connectivity index is 1.88. The van der Waals surface area contributed by atoms with Crippen molar-refractivity contribution in [1.29, 1.82) is 0 Å². The molecular formula is C14H16O3. The van der Waals surface area contributed by atoms with Crippen molar-refractivity contribution < 1.29 is 14.3 Å². The molecule has 0 N–H and O–H groups in total. The number of carbonyl (C=O) groups is 1. The fourth-order valence-electron chi connectivity index (χ4n) is 2.54. The van der Waals surface area contributed by atoms with E-state index < -0.39 is 0 Å². The zero-order valence-electron chi connectivity index (χ0n) is 9.78. The Morgan fingerprint density at radius 2 is 2.24 bits per heavy atom. The van der Waals surface area contributed by atoms with Gasteiger partial charge in [-0.3, -0.25) is 4.79 Å².